The summed E-state index contributed by atoms with van der Waals surface area (Å²) in [6.45, 7) is 0. The van der Waals surface area contributed by atoms with Gasteiger partial charge in [-0.1, -0.05) is 151 Å². The molecule has 310 valence electrons. The standard InChI is InChI=1S/C61H49NOS/c1-4-15-40(16-5-1)41-27-31-45(32-28-41)62(46-33-29-42(30-34-46)48-23-14-24-52-50-22-11-13-26-57(50)64-60(48)52)47-35-36-53-55(39-47)61(43-17-6-2-7-18-43,44-19-8-3-9-20-44)54-38-37-51-49-21-10-12-25-56(49)63-59(51)58(53)54/h2-4,6-8,10-13,15-19,21-22,24-29,31-33,35-39,49,56H,1,5,9,14,20,23,30,34H2. The molecule has 7 aliphatic rings. The van der Waals surface area contributed by atoms with Crippen LogP contribution >= 0.6 is 11.3 Å². The second kappa shape index (κ2) is 15.2. The van der Waals surface area contributed by atoms with Crippen molar-refractivity contribution in [2.75, 3.05) is 4.90 Å². The van der Waals surface area contributed by atoms with Gasteiger partial charge in [-0.05, 0) is 149 Å². The van der Waals surface area contributed by atoms with Crippen molar-refractivity contribution >= 4 is 50.0 Å². The minimum absolute atomic E-state index is 0.0163. The number of rotatable bonds is 7. The van der Waals surface area contributed by atoms with Crippen LogP contribution in [-0.2, 0) is 5.41 Å². The highest BCUT2D eigenvalue weighted by Gasteiger charge is 2.50. The molecule has 1 aliphatic heterocycles. The third-order valence-electron chi connectivity index (χ3n) is 14.8. The molecule has 3 atom stereocenters. The Hall–Kier alpha value is -6.68. The van der Waals surface area contributed by atoms with Crippen molar-refractivity contribution in [3.63, 3.8) is 0 Å². The largest absolute Gasteiger partial charge is 0.484 e. The van der Waals surface area contributed by atoms with E-state index in [-0.39, 0.29) is 12.0 Å². The zero-order chi connectivity index (χ0) is 42.2. The summed E-state index contributed by atoms with van der Waals surface area (Å²) in [4.78, 5) is 2.56. The molecule has 0 saturated carbocycles. The van der Waals surface area contributed by atoms with Gasteiger partial charge in [-0.3, -0.25) is 0 Å². The van der Waals surface area contributed by atoms with Gasteiger partial charge in [0, 0.05) is 43.3 Å². The number of hydrogen-bond donors (Lipinski definition) is 0. The summed E-state index contributed by atoms with van der Waals surface area (Å²) in [6.07, 6.45) is 38.6. The topological polar surface area (TPSA) is 12.5 Å². The highest BCUT2D eigenvalue weighted by atomic mass is 32.1. The number of fused-ring (bicyclic) bond motifs is 10. The quantitative estimate of drug-likeness (QED) is 0.159. The molecule has 5 aromatic carbocycles. The van der Waals surface area contributed by atoms with Crippen LogP contribution in [0.5, 0.6) is 5.75 Å². The summed E-state index contributed by atoms with van der Waals surface area (Å²) in [5.41, 5.74) is 18.1. The van der Waals surface area contributed by atoms with Gasteiger partial charge in [0.25, 0.3) is 0 Å². The molecule has 6 aromatic rings. The van der Waals surface area contributed by atoms with Gasteiger partial charge in [0.1, 0.15) is 11.9 Å². The first kappa shape index (κ1) is 37.8. The summed E-state index contributed by atoms with van der Waals surface area (Å²) < 4.78 is 9.88. The minimum atomic E-state index is -0.482. The predicted octanol–water partition coefficient (Wildman–Crippen LogP) is 14.4. The van der Waals surface area contributed by atoms with Crippen LogP contribution in [0, 0.1) is 0 Å². The number of thiophene rings is 1. The highest BCUT2D eigenvalue weighted by molar-refractivity contribution is 7.17. The normalized spacial score (nSPS) is 22.3. The second-order valence-corrected chi connectivity index (χ2v) is 19.3. The van der Waals surface area contributed by atoms with Gasteiger partial charge in [-0.15, -0.1) is 11.3 Å². The maximum Gasteiger partial charge on any atom is 0.132 e. The lowest BCUT2D eigenvalue weighted by Crippen LogP contribution is -2.30. The van der Waals surface area contributed by atoms with Crippen molar-refractivity contribution in [2.24, 2.45) is 0 Å². The van der Waals surface area contributed by atoms with Crippen LogP contribution in [0.1, 0.15) is 85.1 Å². The van der Waals surface area contributed by atoms with Crippen LogP contribution < -0.4 is 19.4 Å². The Morgan fingerprint density at radius 1 is 0.656 bits per heavy atom. The molecule has 64 heavy (non-hydrogen) atoms. The molecule has 2 heterocycles. The van der Waals surface area contributed by atoms with Crippen LogP contribution in [0.3, 0.4) is 0 Å². The Morgan fingerprint density at radius 2 is 1.53 bits per heavy atom. The van der Waals surface area contributed by atoms with E-state index >= 15 is 0 Å². The molecule has 0 radical (unpaired) electrons. The lowest BCUT2D eigenvalue weighted by Gasteiger charge is -2.37. The fourth-order valence-electron chi connectivity index (χ4n) is 11.9. The van der Waals surface area contributed by atoms with Gasteiger partial charge in [-0.25, -0.2) is 0 Å². The predicted molar refractivity (Wildman–Crippen MR) is 269 cm³/mol. The lowest BCUT2D eigenvalue weighted by molar-refractivity contribution is 0.269. The van der Waals surface area contributed by atoms with Crippen molar-refractivity contribution in [1.29, 1.82) is 0 Å². The van der Waals surface area contributed by atoms with Crippen molar-refractivity contribution in [2.45, 2.75) is 68.8 Å². The van der Waals surface area contributed by atoms with Crippen molar-refractivity contribution in [1.82, 2.24) is 0 Å². The molecule has 6 aliphatic carbocycles. The number of benzene rings is 5. The van der Waals surface area contributed by atoms with Crippen LogP contribution in [0.2, 0.25) is 0 Å². The molecule has 0 amide bonds. The molecule has 3 unspecified atom stereocenters. The average Bonchev–Trinajstić information content (AvgIpc) is 4.04. The Kier molecular flexibility index (Phi) is 9.01. The van der Waals surface area contributed by atoms with E-state index in [9.17, 15) is 0 Å². The van der Waals surface area contributed by atoms with E-state index in [1.54, 1.807) is 0 Å². The second-order valence-electron chi connectivity index (χ2n) is 18.2. The van der Waals surface area contributed by atoms with E-state index in [2.05, 4.69) is 193 Å². The number of hydrogen-bond acceptors (Lipinski definition) is 3. The molecular formula is C61H49NOS. The van der Waals surface area contributed by atoms with Gasteiger partial charge in [0.15, 0.2) is 0 Å². The fourth-order valence-corrected chi connectivity index (χ4v) is 13.2. The molecule has 13 rings (SSSR count). The summed E-state index contributed by atoms with van der Waals surface area (Å²) in [7, 11) is 0. The molecule has 0 spiro atoms. The Morgan fingerprint density at radius 3 is 2.38 bits per heavy atom. The van der Waals surface area contributed by atoms with Crippen LogP contribution in [0.25, 0.3) is 38.4 Å². The minimum Gasteiger partial charge on any atom is -0.484 e. The first-order chi connectivity index (χ1) is 31.7. The van der Waals surface area contributed by atoms with Gasteiger partial charge in [0.05, 0.1) is 5.41 Å². The van der Waals surface area contributed by atoms with E-state index in [0.717, 1.165) is 57.1 Å². The maximum absolute atomic E-state index is 7.02. The summed E-state index contributed by atoms with van der Waals surface area (Å²) in [5.74, 6) is 1.27. The number of anilines is 2. The number of nitrogens with zero attached hydrogens (tertiary/aromatic N) is 1. The zero-order valence-corrected chi connectivity index (χ0v) is 36.8. The first-order valence-corrected chi connectivity index (χ1v) is 24.2. The van der Waals surface area contributed by atoms with Gasteiger partial charge in [0.2, 0.25) is 0 Å². The van der Waals surface area contributed by atoms with E-state index in [1.165, 1.54) is 98.1 Å². The third-order valence-corrected chi connectivity index (χ3v) is 16.1. The summed E-state index contributed by atoms with van der Waals surface area (Å²) in [5, 5.41) is 2.84. The van der Waals surface area contributed by atoms with Gasteiger partial charge >= 0.3 is 0 Å². The van der Waals surface area contributed by atoms with Gasteiger partial charge in [-0.2, -0.15) is 0 Å². The van der Waals surface area contributed by atoms with Crippen molar-refractivity contribution in [3.05, 3.63) is 237 Å². The summed E-state index contributed by atoms with van der Waals surface area (Å²) >= 11 is 1.97. The zero-order valence-electron chi connectivity index (χ0n) is 36.0. The first-order valence-electron chi connectivity index (χ1n) is 23.4. The van der Waals surface area contributed by atoms with Crippen molar-refractivity contribution < 1.29 is 4.74 Å². The van der Waals surface area contributed by atoms with Crippen molar-refractivity contribution in [3.8, 4) is 16.9 Å². The Balaban J connectivity index is 1.01. The lowest BCUT2D eigenvalue weighted by atomic mass is 9.65. The number of ether oxygens (including phenoxy) is 1. The molecular weight excluding hydrogens is 795 g/mol. The Bertz CT molecular complexity index is 3310. The molecule has 3 heteroatoms. The van der Waals surface area contributed by atoms with Crippen LogP contribution in [0.4, 0.5) is 11.4 Å². The maximum atomic E-state index is 7.02. The number of allylic oxidation sites excluding steroid dienone is 14. The monoisotopic (exact) mass is 843 g/mol. The van der Waals surface area contributed by atoms with Gasteiger partial charge < -0.3 is 9.64 Å². The van der Waals surface area contributed by atoms with E-state index in [4.69, 9.17) is 4.74 Å². The molecule has 0 bridgehead atoms. The molecule has 1 aromatic heterocycles. The van der Waals surface area contributed by atoms with Crippen LogP contribution in [-0.4, -0.2) is 6.10 Å². The molecule has 0 fully saturated rings. The third kappa shape index (κ3) is 5.83. The highest BCUT2D eigenvalue weighted by Crippen LogP contribution is 2.63. The Labute approximate surface area is 380 Å². The summed E-state index contributed by atoms with van der Waals surface area (Å²) in [6, 6.07) is 41.8. The van der Waals surface area contributed by atoms with E-state index in [0.29, 0.717) is 0 Å². The molecule has 2 nitrogen and oxygen atoms in total. The smallest absolute Gasteiger partial charge is 0.132 e. The average molecular weight is 844 g/mol. The molecule has 0 N–H and O–H groups in total. The fraction of sp³-hybridized carbons (Fsp3) is 0.180. The molecule has 0 saturated heterocycles. The SMILES string of the molecule is C1=CCCC(C2(c3ccccc3)c3cc(N(C4=CC=C(C5=c6sc7ccccc7c6=CCC5)CC4)c4ccc(C5=CCCC=C5)cc4)ccc3-c3c2ccc2c3OC3C=CC=CC23)=C1. The van der Waals surface area contributed by atoms with Crippen LogP contribution in [0.15, 0.2) is 199 Å². The van der Waals surface area contributed by atoms with E-state index < -0.39 is 5.41 Å². The van der Waals surface area contributed by atoms with E-state index in [1.807, 2.05) is 11.3 Å².